The molecule has 0 saturated carbocycles. The van der Waals surface area contributed by atoms with E-state index < -0.39 is 12.3 Å². The zero-order chi connectivity index (χ0) is 21.1. The van der Waals surface area contributed by atoms with Crippen molar-refractivity contribution in [3.63, 3.8) is 0 Å². The van der Waals surface area contributed by atoms with Crippen LogP contribution < -0.4 is 5.32 Å². The monoisotopic (exact) mass is 410 g/mol. The molecule has 0 aliphatic heterocycles. The lowest BCUT2D eigenvalue weighted by Crippen LogP contribution is -2.25. The number of alkyl halides is 2. The minimum absolute atomic E-state index is 0.107. The Bertz CT molecular complexity index is 1150. The van der Waals surface area contributed by atoms with E-state index >= 15 is 0 Å². The van der Waals surface area contributed by atoms with Gasteiger partial charge in [-0.3, -0.25) is 4.79 Å². The van der Waals surface area contributed by atoms with Crippen molar-refractivity contribution in [3.8, 4) is 11.3 Å². The van der Waals surface area contributed by atoms with Crippen molar-refractivity contribution in [2.75, 3.05) is 6.54 Å². The van der Waals surface area contributed by atoms with E-state index in [0.717, 1.165) is 10.1 Å². The molecular formula is C21H20F2N6O. The number of carbonyl (C=O) groups excluding carboxylic acids is 1. The molecule has 0 radical (unpaired) electrons. The van der Waals surface area contributed by atoms with E-state index in [9.17, 15) is 13.6 Å². The van der Waals surface area contributed by atoms with Gasteiger partial charge in [-0.15, -0.1) is 0 Å². The molecule has 154 valence electrons. The first kappa shape index (κ1) is 19.7. The van der Waals surface area contributed by atoms with Gasteiger partial charge >= 0.3 is 0 Å². The van der Waals surface area contributed by atoms with Crippen molar-refractivity contribution in [2.24, 2.45) is 0 Å². The van der Waals surface area contributed by atoms with Gasteiger partial charge in [-0.05, 0) is 19.4 Å². The average Bonchev–Trinajstić information content (AvgIpc) is 3.40. The predicted octanol–water partition coefficient (Wildman–Crippen LogP) is 3.66. The van der Waals surface area contributed by atoms with Gasteiger partial charge in [0.25, 0.3) is 12.3 Å². The molecule has 0 saturated heterocycles. The van der Waals surface area contributed by atoms with Crippen LogP contribution >= 0.6 is 0 Å². The number of imidazole rings is 1. The minimum Gasteiger partial charge on any atom is -0.352 e. The number of carbonyl (C=O) groups is 1. The molecule has 1 aromatic carbocycles. The summed E-state index contributed by atoms with van der Waals surface area (Å²) in [7, 11) is 0. The Kier molecular flexibility index (Phi) is 5.51. The molecule has 30 heavy (non-hydrogen) atoms. The molecule has 4 rings (SSSR count). The van der Waals surface area contributed by atoms with Crippen LogP contribution in [0.4, 0.5) is 8.78 Å². The fourth-order valence-corrected chi connectivity index (χ4v) is 3.15. The summed E-state index contributed by atoms with van der Waals surface area (Å²) in [6, 6.07) is 8.70. The predicted molar refractivity (Wildman–Crippen MR) is 107 cm³/mol. The molecule has 3 heterocycles. The largest absolute Gasteiger partial charge is 0.352 e. The summed E-state index contributed by atoms with van der Waals surface area (Å²) in [5.41, 5.74) is 2.07. The zero-order valence-electron chi connectivity index (χ0n) is 16.3. The first-order chi connectivity index (χ1) is 14.5. The Balaban J connectivity index is 1.60. The molecule has 0 aliphatic carbocycles. The smallest absolute Gasteiger partial charge is 0.280 e. The van der Waals surface area contributed by atoms with Crippen LogP contribution in [0.3, 0.4) is 0 Å². The maximum absolute atomic E-state index is 13.7. The molecule has 0 aliphatic rings. The first-order valence-electron chi connectivity index (χ1n) is 9.51. The molecule has 7 nitrogen and oxygen atoms in total. The van der Waals surface area contributed by atoms with Crippen molar-refractivity contribution in [3.05, 3.63) is 72.1 Å². The number of nitrogens with one attached hydrogen (secondary N) is 1. The van der Waals surface area contributed by atoms with Crippen molar-refractivity contribution < 1.29 is 13.6 Å². The van der Waals surface area contributed by atoms with Crippen LogP contribution in [0.5, 0.6) is 0 Å². The third kappa shape index (κ3) is 4.05. The lowest BCUT2D eigenvalue weighted by Gasteiger charge is -2.09. The molecular weight excluding hydrogens is 390 g/mol. The van der Waals surface area contributed by atoms with E-state index in [0.29, 0.717) is 30.8 Å². The van der Waals surface area contributed by atoms with Crippen LogP contribution in [0.2, 0.25) is 0 Å². The fourth-order valence-electron chi connectivity index (χ4n) is 3.15. The molecule has 1 amide bonds. The SMILES string of the molecule is Cc1ccc(-c2cc(C(F)F)n3ncc(C(=O)NCCCn4ccnc4)c3n2)cc1. The summed E-state index contributed by atoms with van der Waals surface area (Å²) in [4.78, 5) is 21.1. The van der Waals surface area contributed by atoms with Crippen molar-refractivity contribution in [1.82, 2.24) is 29.5 Å². The van der Waals surface area contributed by atoms with E-state index in [1.165, 1.54) is 12.3 Å². The fraction of sp³-hybridized carbons (Fsp3) is 0.238. The van der Waals surface area contributed by atoms with Gasteiger partial charge in [0.1, 0.15) is 11.3 Å². The van der Waals surface area contributed by atoms with E-state index in [4.69, 9.17) is 0 Å². The van der Waals surface area contributed by atoms with Gasteiger partial charge < -0.3 is 9.88 Å². The number of hydrogen-bond donors (Lipinski definition) is 1. The van der Waals surface area contributed by atoms with E-state index in [1.54, 1.807) is 12.5 Å². The van der Waals surface area contributed by atoms with Gasteiger partial charge in [0.05, 0.1) is 18.2 Å². The molecule has 0 unspecified atom stereocenters. The number of aryl methyl sites for hydroxylation is 2. The standard InChI is InChI=1S/C21H20F2N6O/c1-14-3-5-15(6-4-14)17-11-18(19(22)23)29-20(27-17)16(12-26-29)21(30)25-7-2-9-28-10-8-24-13-28/h3-6,8,10-13,19H,2,7,9H2,1H3,(H,25,30). The normalized spacial score (nSPS) is 11.3. The van der Waals surface area contributed by atoms with Crippen LogP contribution in [0.25, 0.3) is 16.9 Å². The minimum atomic E-state index is -2.76. The molecule has 3 aromatic heterocycles. The van der Waals surface area contributed by atoms with Crippen LogP contribution in [0.1, 0.15) is 34.5 Å². The first-order valence-corrected chi connectivity index (χ1v) is 9.51. The maximum Gasteiger partial charge on any atom is 0.280 e. The van der Waals surface area contributed by atoms with Gasteiger partial charge in [-0.1, -0.05) is 29.8 Å². The number of amides is 1. The van der Waals surface area contributed by atoms with Gasteiger partial charge in [-0.2, -0.15) is 5.10 Å². The second-order valence-electron chi connectivity index (χ2n) is 6.94. The number of fused-ring (bicyclic) bond motifs is 1. The number of rotatable bonds is 7. The number of nitrogens with zero attached hydrogens (tertiary/aromatic N) is 5. The molecule has 0 spiro atoms. The number of aromatic nitrogens is 5. The molecule has 4 aromatic rings. The lowest BCUT2D eigenvalue weighted by molar-refractivity contribution is 0.0954. The highest BCUT2D eigenvalue weighted by Gasteiger charge is 2.21. The summed E-state index contributed by atoms with van der Waals surface area (Å²) < 4.78 is 30.2. The lowest BCUT2D eigenvalue weighted by atomic mass is 10.1. The highest BCUT2D eigenvalue weighted by Crippen LogP contribution is 2.27. The third-order valence-corrected chi connectivity index (χ3v) is 4.75. The summed E-state index contributed by atoms with van der Waals surface area (Å²) in [6.45, 7) is 3.07. The quantitative estimate of drug-likeness (QED) is 0.472. The Hall–Kier alpha value is -3.62. The van der Waals surface area contributed by atoms with Crippen LogP contribution in [-0.4, -0.2) is 36.6 Å². The molecule has 9 heteroatoms. The highest BCUT2D eigenvalue weighted by molar-refractivity contribution is 5.99. The summed E-state index contributed by atoms with van der Waals surface area (Å²) in [5, 5.41) is 6.78. The molecule has 0 fully saturated rings. The van der Waals surface area contributed by atoms with Crippen molar-refractivity contribution >= 4 is 11.6 Å². The van der Waals surface area contributed by atoms with Crippen molar-refractivity contribution in [2.45, 2.75) is 26.3 Å². The van der Waals surface area contributed by atoms with Gasteiger partial charge in [0, 0.05) is 31.0 Å². The third-order valence-electron chi connectivity index (χ3n) is 4.75. The van der Waals surface area contributed by atoms with E-state index in [-0.39, 0.29) is 16.9 Å². The van der Waals surface area contributed by atoms with Gasteiger partial charge in [-0.25, -0.2) is 23.3 Å². The van der Waals surface area contributed by atoms with E-state index in [1.807, 2.05) is 42.0 Å². The Morgan fingerprint density at radius 2 is 2.03 bits per heavy atom. The second-order valence-corrected chi connectivity index (χ2v) is 6.94. The Morgan fingerprint density at radius 1 is 1.23 bits per heavy atom. The van der Waals surface area contributed by atoms with Gasteiger partial charge in [0.2, 0.25) is 0 Å². The van der Waals surface area contributed by atoms with Crippen molar-refractivity contribution in [1.29, 1.82) is 0 Å². The van der Waals surface area contributed by atoms with Crippen LogP contribution in [0.15, 0.2) is 55.2 Å². The summed E-state index contributed by atoms with van der Waals surface area (Å²) in [6.07, 6.45) is 4.45. The highest BCUT2D eigenvalue weighted by atomic mass is 19.3. The van der Waals surface area contributed by atoms with Crippen LogP contribution in [0, 0.1) is 6.92 Å². The number of halogens is 2. The maximum atomic E-state index is 13.7. The average molecular weight is 410 g/mol. The second kappa shape index (κ2) is 8.40. The number of benzene rings is 1. The number of hydrogen-bond acceptors (Lipinski definition) is 4. The molecule has 1 N–H and O–H groups in total. The van der Waals surface area contributed by atoms with Gasteiger partial charge in [0.15, 0.2) is 5.65 Å². The Morgan fingerprint density at radius 3 is 2.73 bits per heavy atom. The summed E-state index contributed by atoms with van der Waals surface area (Å²) in [5.74, 6) is -0.399. The Labute approximate surface area is 171 Å². The molecule has 0 bridgehead atoms. The molecule has 0 atom stereocenters. The summed E-state index contributed by atoms with van der Waals surface area (Å²) >= 11 is 0. The zero-order valence-corrected chi connectivity index (χ0v) is 16.3. The van der Waals surface area contributed by atoms with E-state index in [2.05, 4.69) is 20.4 Å². The topological polar surface area (TPSA) is 77.1 Å². The van der Waals surface area contributed by atoms with Crippen LogP contribution in [-0.2, 0) is 6.54 Å².